The minimum Gasteiger partial charge on any atom is -0.322 e. The zero-order valence-electron chi connectivity index (χ0n) is 13.7. The first-order valence-electron chi connectivity index (χ1n) is 7.71. The monoisotopic (exact) mass is 365 g/mol. The summed E-state index contributed by atoms with van der Waals surface area (Å²) in [6.07, 6.45) is 4.34. The standard InChI is InChI=1S/C18H20ClNO3S/c1-3-4-5-13-6-9-15(10-7-13)20-18(21)14-8-11-16(19)17(12-14)24(2,22)23/h6-12H,3-5H2,1-2H3,(H,20,21). The predicted molar refractivity (Wildman–Crippen MR) is 97.6 cm³/mol. The van der Waals surface area contributed by atoms with Crippen molar-refractivity contribution < 1.29 is 13.2 Å². The van der Waals surface area contributed by atoms with Crippen molar-refractivity contribution in [3.63, 3.8) is 0 Å². The third kappa shape index (κ3) is 4.82. The fourth-order valence-electron chi connectivity index (χ4n) is 2.27. The fraction of sp³-hybridized carbons (Fsp3) is 0.278. The van der Waals surface area contributed by atoms with Gasteiger partial charge in [0.05, 0.1) is 9.92 Å². The normalized spacial score (nSPS) is 11.3. The highest BCUT2D eigenvalue weighted by Crippen LogP contribution is 2.23. The molecule has 0 aliphatic carbocycles. The Morgan fingerprint density at radius 1 is 1.12 bits per heavy atom. The van der Waals surface area contributed by atoms with E-state index >= 15 is 0 Å². The molecule has 2 rings (SSSR count). The van der Waals surface area contributed by atoms with E-state index in [-0.39, 0.29) is 21.4 Å². The molecule has 1 N–H and O–H groups in total. The Morgan fingerprint density at radius 2 is 1.79 bits per heavy atom. The highest BCUT2D eigenvalue weighted by atomic mass is 35.5. The molecule has 0 fully saturated rings. The van der Waals surface area contributed by atoms with E-state index in [1.54, 1.807) is 0 Å². The van der Waals surface area contributed by atoms with Crippen molar-refractivity contribution in [3.8, 4) is 0 Å². The maximum atomic E-state index is 12.3. The molecule has 0 aliphatic heterocycles. The lowest BCUT2D eigenvalue weighted by Gasteiger charge is -2.08. The first-order chi connectivity index (χ1) is 11.3. The first-order valence-corrected chi connectivity index (χ1v) is 9.98. The zero-order chi connectivity index (χ0) is 17.7. The topological polar surface area (TPSA) is 63.2 Å². The van der Waals surface area contributed by atoms with Gasteiger partial charge in [-0.1, -0.05) is 37.1 Å². The van der Waals surface area contributed by atoms with Gasteiger partial charge in [0.25, 0.3) is 5.91 Å². The number of carbonyl (C=O) groups is 1. The van der Waals surface area contributed by atoms with Gasteiger partial charge in [0, 0.05) is 17.5 Å². The number of benzene rings is 2. The molecule has 2 aromatic rings. The Labute approximate surface area is 147 Å². The summed E-state index contributed by atoms with van der Waals surface area (Å²) >= 11 is 5.89. The molecule has 4 nitrogen and oxygen atoms in total. The second-order valence-corrected chi connectivity index (χ2v) is 8.06. The van der Waals surface area contributed by atoms with E-state index in [9.17, 15) is 13.2 Å². The van der Waals surface area contributed by atoms with E-state index in [4.69, 9.17) is 11.6 Å². The molecule has 2 aromatic carbocycles. The van der Waals surface area contributed by atoms with E-state index in [0.717, 1.165) is 25.5 Å². The summed E-state index contributed by atoms with van der Waals surface area (Å²) in [4.78, 5) is 12.3. The molecule has 0 heterocycles. The number of nitrogens with one attached hydrogen (secondary N) is 1. The lowest BCUT2D eigenvalue weighted by Crippen LogP contribution is -2.13. The van der Waals surface area contributed by atoms with Crippen LogP contribution in [0.25, 0.3) is 0 Å². The number of hydrogen-bond donors (Lipinski definition) is 1. The summed E-state index contributed by atoms with van der Waals surface area (Å²) in [5.74, 6) is -0.377. The van der Waals surface area contributed by atoms with E-state index in [1.165, 1.54) is 23.8 Å². The molecule has 0 saturated carbocycles. The molecule has 0 aliphatic rings. The molecular weight excluding hydrogens is 346 g/mol. The molecule has 0 radical (unpaired) electrons. The van der Waals surface area contributed by atoms with Crippen LogP contribution in [0.5, 0.6) is 0 Å². The number of unbranched alkanes of at least 4 members (excludes halogenated alkanes) is 1. The van der Waals surface area contributed by atoms with Crippen molar-refractivity contribution in [3.05, 3.63) is 58.6 Å². The fourth-order valence-corrected chi connectivity index (χ4v) is 3.57. The van der Waals surface area contributed by atoms with Gasteiger partial charge in [0.2, 0.25) is 0 Å². The number of amides is 1. The summed E-state index contributed by atoms with van der Waals surface area (Å²) in [5.41, 5.74) is 2.13. The molecule has 0 bridgehead atoms. The number of sulfone groups is 1. The summed E-state index contributed by atoms with van der Waals surface area (Å²) in [7, 11) is -3.49. The van der Waals surface area contributed by atoms with Crippen LogP contribution in [-0.4, -0.2) is 20.6 Å². The third-order valence-corrected chi connectivity index (χ3v) is 5.20. The molecule has 0 atom stereocenters. The summed E-state index contributed by atoms with van der Waals surface area (Å²) in [6, 6.07) is 11.9. The third-order valence-electron chi connectivity index (χ3n) is 3.62. The largest absolute Gasteiger partial charge is 0.322 e. The van der Waals surface area contributed by atoms with Crippen LogP contribution < -0.4 is 5.32 Å². The average Bonchev–Trinajstić information content (AvgIpc) is 2.53. The van der Waals surface area contributed by atoms with Crippen LogP contribution in [0.15, 0.2) is 47.4 Å². The minimum absolute atomic E-state index is 0.0493. The maximum absolute atomic E-state index is 12.3. The molecule has 0 spiro atoms. The van der Waals surface area contributed by atoms with Crippen molar-refractivity contribution in [2.75, 3.05) is 11.6 Å². The van der Waals surface area contributed by atoms with Crippen molar-refractivity contribution in [1.82, 2.24) is 0 Å². The van der Waals surface area contributed by atoms with Crippen LogP contribution in [0.2, 0.25) is 5.02 Å². The second-order valence-electron chi connectivity index (χ2n) is 5.67. The summed E-state index contributed by atoms with van der Waals surface area (Å²) in [5, 5.41) is 2.87. The van der Waals surface area contributed by atoms with Gasteiger partial charge in [0.15, 0.2) is 9.84 Å². The summed E-state index contributed by atoms with van der Waals surface area (Å²) < 4.78 is 23.4. The Morgan fingerprint density at radius 3 is 2.38 bits per heavy atom. The van der Waals surface area contributed by atoms with Gasteiger partial charge in [-0.15, -0.1) is 0 Å². The number of rotatable bonds is 6. The van der Waals surface area contributed by atoms with Crippen LogP contribution in [0, 0.1) is 0 Å². The van der Waals surface area contributed by atoms with Gasteiger partial charge in [-0.3, -0.25) is 4.79 Å². The Kier molecular flexibility index (Phi) is 6.02. The van der Waals surface area contributed by atoms with Crippen LogP contribution in [-0.2, 0) is 16.3 Å². The molecule has 0 saturated heterocycles. The Hall–Kier alpha value is -1.85. The number of hydrogen-bond acceptors (Lipinski definition) is 3. The van der Waals surface area contributed by atoms with Crippen molar-refractivity contribution in [2.24, 2.45) is 0 Å². The van der Waals surface area contributed by atoms with Gasteiger partial charge in [-0.25, -0.2) is 8.42 Å². The number of aryl methyl sites for hydroxylation is 1. The van der Waals surface area contributed by atoms with Crippen molar-refractivity contribution in [1.29, 1.82) is 0 Å². The van der Waals surface area contributed by atoms with E-state index < -0.39 is 9.84 Å². The quantitative estimate of drug-likeness (QED) is 0.828. The van der Waals surface area contributed by atoms with Crippen molar-refractivity contribution in [2.45, 2.75) is 31.1 Å². The first kappa shape index (κ1) is 18.5. The average molecular weight is 366 g/mol. The SMILES string of the molecule is CCCCc1ccc(NC(=O)c2ccc(Cl)c(S(C)(=O)=O)c2)cc1. The minimum atomic E-state index is -3.49. The second kappa shape index (κ2) is 7.81. The molecular formula is C18H20ClNO3S. The predicted octanol–water partition coefficient (Wildman–Crippen LogP) is 4.34. The molecule has 1 amide bonds. The van der Waals surface area contributed by atoms with Crippen molar-refractivity contribution >= 4 is 33.0 Å². The zero-order valence-corrected chi connectivity index (χ0v) is 15.2. The highest BCUT2D eigenvalue weighted by molar-refractivity contribution is 7.90. The van der Waals surface area contributed by atoms with Gasteiger partial charge in [-0.05, 0) is 48.7 Å². The number of carbonyl (C=O) groups excluding carboxylic acids is 1. The van der Waals surface area contributed by atoms with E-state index in [0.29, 0.717) is 5.69 Å². The molecule has 0 unspecified atom stereocenters. The number of halogens is 1. The Balaban J connectivity index is 2.15. The maximum Gasteiger partial charge on any atom is 0.255 e. The lowest BCUT2D eigenvalue weighted by molar-refractivity contribution is 0.102. The molecule has 0 aromatic heterocycles. The van der Waals surface area contributed by atoms with Gasteiger partial charge < -0.3 is 5.32 Å². The van der Waals surface area contributed by atoms with Gasteiger partial charge >= 0.3 is 0 Å². The lowest BCUT2D eigenvalue weighted by atomic mass is 10.1. The van der Waals surface area contributed by atoms with Crippen LogP contribution in [0.3, 0.4) is 0 Å². The van der Waals surface area contributed by atoms with Crippen LogP contribution >= 0.6 is 11.6 Å². The van der Waals surface area contributed by atoms with E-state index in [1.807, 2.05) is 24.3 Å². The van der Waals surface area contributed by atoms with Crippen LogP contribution in [0.1, 0.15) is 35.7 Å². The number of anilines is 1. The highest BCUT2D eigenvalue weighted by Gasteiger charge is 2.16. The van der Waals surface area contributed by atoms with Gasteiger partial charge in [0.1, 0.15) is 0 Å². The summed E-state index contributed by atoms with van der Waals surface area (Å²) in [6.45, 7) is 2.14. The smallest absolute Gasteiger partial charge is 0.255 e. The van der Waals surface area contributed by atoms with Gasteiger partial charge in [-0.2, -0.15) is 0 Å². The van der Waals surface area contributed by atoms with E-state index in [2.05, 4.69) is 12.2 Å². The molecule has 128 valence electrons. The molecule has 6 heteroatoms. The molecule has 24 heavy (non-hydrogen) atoms. The van der Waals surface area contributed by atoms with Crippen LogP contribution in [0.4, 0.5) is 5.69 Å². The Bertz CT molecular complexity index is 830.